The number of aryl methyl sites for hydroxylation is 1. The van der Waals surface area contributed by atoms with E-state index in [1.165, 1.54) is 4.90 Å². The van der Waals surface area contributed by atoms with E-state index in [1.54, 1.807) is 42.5 Å². The lowest BCUT2D eigenvalue weighted by atomic mass is 9.96. The van der Waals surface area contributed by atoms with Crippen molar-refractivity contribution in [2.45, 2.75) is 13.0 Å². The lowest BCUT2D eigenvalue weighted by Gasteiger charge is -2.32. The zero-order chi connectivity index (χ0) is 21.4. The molecule has 1 atom stereocenters. The molecule has 0 saturated heterocycles. The second-order valence-corrected chi connectivity index (χ2v) is 7.84. The molecule has 7 nitrogen and oxygen atoms in total. The van der Waals surface area contributed by atoms with Gasteiger partial charge >= 0.3 is 12.0 Å². The summed E-state index contributed by atoms with van der Waals surface area (Å²) in [6, 6.07) is 10.8. The number of nitrogens with zero attached hydrogens (tertiary/aromatic N) is 1. The maximum atomic E-state index is 12.8. The van der Waals surface area contributed by atoms with Crippen LogP contribution in [-0.2, 0) is 14.3 Å². The molecule has 2 aromatic rings. The third-order valence-corrected chi connectivity index (χ3v) is 5.46. The minimum atomic E-state index is -0.672. The SMILES string of the molecule is Cc1ccc(Cl)cc1NC(=O)CN1C(=O)N[C@H](c2ccc(Cl)cc2)C2=C1COC2=O. The van der Waals surface area contributed by atoms with E-state index in [9.17, 15) is 14.4 Å². The standard InChI is InChI=1S/C21H17Cl2N3O4/c1-11-2-5-14(23)8-15(11)24-17(27)9-26-16-10-30-20(28)18(16)19(25-21(26)29)12-3-6-13(22)7-4-12/h2-8,19H,9-10H2,1H3,(H,24,27)(H,25,29)/t19-/m1/s1. The number of hydrogen-bond acceptors (Lipinski definition) is 4. The Morgan fingerprint density at radius 3 is 2.60 bits per heavy atom. The smallest absolute Gasteiger partial charge is 0.338 e. The first-order valence-corrected chi connectivity index (χ1v) is 9.89. The van der Waals surface area contributed by atoms with Gasteiger partial charge in [-0.15, -0.1) is 0 Å². The van der Waals surface area contributed by atoms with Crippen molar-refractivity contribution in [3.63, 3.8) is 0 Å². The molecule has 0 saturated carbocycles. The number of benzene rings is 2. The van der Waals surface area contributed by atoms with Crippen LogP contribution in [-0.4, -0.2) is 36.0 Å². The monoisotopic (exact) mass is 445 g/mol. The molecule has 154 valence electrons. The number of anilines is 1. The van der Waals surface area contributed by atoms with Gasteiger partial charge in [-0.05, 0) is 42.3 Å². The predicted molar refractivity (Wildman–Crippen MR) is 112 cm³/mol. The van der Waals surface area contributed by atoms with E-state index in [2.05, 4.69) is 10.6 Å². The van der Waals surface area contributed by atoms with Crippen LogP contribution in [0.5, 0.6) is 0 Å². The van der Waals surface area contributed by atoms with Gasteiger partial charge in [0.15, 0.2) is 0 Å². The summed E-state index contributed by atoms with van der Waals surface area (Å²) < 4.78 is 5.17. The van der Waals surface area contributed by atoms with Crippen LogP contribution in [0.2, 0.25) is 10.0 Å². The Hall–Kier alpha value is -3.03. The highest BCUT2D eigenvalue weighted by Gasteiger charge is 2.42. The number of nitrogens with one attached hydrogen (secondary N) is 2. The highest BCUT2D eigenvalue weighted by atomic mass is 35.5. The van der Waals surface area contributed by atoms with E-state index in [1.807, 2.05) is 6.92 Å². The Morgan fingerprint density at radius 1 is 1.17 bits per heavy atom. The summed E-state index contributed by atoms with van der Waals surface area (Å²) in [6.45, 7) is 1.48. The van der Waals surface area contributed by atoms with Crippen LogP contribution in [0.25, 0.3) is 0 Å². The normalized spacial score (nSPS) is 18.1. The van der Waals surface area contributed by atoms with Crippen molar-refractivity contribution in [2.75, 3.05) is 18.5 Å². The van der Waals surface area contributed by atoms with Crippen molar-refractivity contribution in [3.05, 3.63) is 74.9 Å². The third-order valence-electron chi connectivity index (χ3n) is 4.98. The summed E-state index contributed by atoms with van der Waals surface area (Å²) in [6.07, 6.45) is 0. The summed E-state index contributed by atoms with van der Waals surface area (Å²) in [4.78, 5) is 39.0. The minimum Gasteiger partial charge on any atom is -0.456 e. The van der Waals surface area contributed by atoms with Gasteiger partial charge in [0.05, 0.1) is 17.3 Å². The highest BCUT2D eigenvalue weighted by molar-refractivity contribution is 6.31. The molecule has 3 amide bonds. The number of esters is 1. The summed E-state index contributed by atoms with van der Waals surface area (Å²) in [7, 11) is 0. The van der Waals surface area contributed by atoms with Crippen LogP contribution >= 0.6 is 23.2 Å². The first-order chi connectivity index (χ1) is 14.3. The van der Waals surface area contributed by atoms with E-state index >= 15 is 0 Å². The second-order valence-electron chi connectivity index (χ2n) is 6.96. The van der Waals surface area contributed by atoms with Gasteiger partial charge in [0.1, 0.15) is 13.2 Å². The Labute approximate surface area is 182 Å². The molecular formula is C21H17Cl2N3O4. The lowest BCUT2D eigenvalue weighted by molar-refractivity contribution is -0.136. The van der Waals surface area contributed by atoms with E-state index in [-0.39, 0.29) is 13.2 Å². The average Bonchev–Trinajstić information content (AvgIpc) is 3.09. The van der Waals surface area contributed by atoms with Crippen molar-refractivity contribution in [1.29, 1.82) is 0 Å². The number of cyclic esters (lactones) is 1. The summed E-state index contributed by atoms with van der Waals surface area (Å²) >= 11 is 11.9. The molecule has 2 N–H and O–H groups in total. The van der Waals surface area contributed by atoms with E-state index < -0.39 is 23.9 Å². The average molecular weight is 446 g/mol. The number of amides is 3. The molecule has 9 heteroatoms. The molecule has 2 aliphatic rings. The molecule has 2 heterocycles. The second kappa shape index (κ2) is 8.01. The molecule has 0 bridgehead atoms. The Morgan fingerprint density at radius 2 is 1.87 bits per heavy atom. The first-order valence-electron chi connectivity index (χ1n) is 9.13. The number of hydrogen-bond donors (Lipinski definition) is 2. The van der Waals surface area contributed by atoms with E-state index in [0.29, 0.717) is 32.6 Å². The zero-order valence-electron chi connectivity index (χ0n) is 15.9. The summed E-state index contributed by atoms with van der Waals surface area (Å²) in [5.74, 6) is -0.951. The van der Waals surface area contributed by atoms with E-state index in [0.717, 1.165) is 5.56 Å². The fourth-order valence-corrected chi connectivity index (χ4v) is 3.74. The molecule has 0 radical (unpaired) electrons. The van der Waals surface area contributed by atoms with Crippen molar-refractivity contribution in [2.24, 2.45) is 0 Å². The lowest BCUT2D eigenvalue weighted by Crippen LogP contribution is -2.49. The van der Waals surface area contributed by atoms with Gasteiger partial charge in [-0.2, -0.15) is 0 Å². The number of carbonyl (C=O) groups excluding carboxylic acids is 3. The maximum Gasteiger partial charge on any atom is 0.338 e. The van der Waals surface area contributed by atoms with Gasteiger partial charge in [0, 0.05) is 15.7 Å². The van der Waals surface area contributed by atoms with Crippen LogP contribution in [0.4, 0.5) is 10.5 Å². The molecule has 2 aliphatic heterocycles. The van der Waals surface area contributed by atoms with Gasteiger partial charge in [0.2, 0.25) is 5.91 Å². The van der Waals surface area contributed by atoms with Crippen LogP contribution in [0.15, 0.2) is 53.7 Å². The van der Waals surface area contributed by atoms with Crippen LogP contribution in [0, 0.1) is 6.92 Å². The molecule has 0 fully saturated rings. The fraction of sp³-hybridized carbons (Fsp3) is 0.190. The largest absolute Gasteiger partial charge is 0.456 e. The molecule has 0 aliphatic carbocycles. The topological polar surface area (TPSA) is 87.7 Å². The Balaban J connectivity index is 1.59. The van der Waals surface area contributed by atoms with Crippen molar-refractivity contribution < 1.29 is 19.1 Å². The third kappa shape index (κ3) is 3.86. The first kappa shape index (κ1) is 20.3. The van der Waals surface area contributed by atoms with Crippen LogP contribution in [0.1, 0.15) is 17.2 Å². The number of halogens is 2. The number of urea groups is 1. The molecule has 2 aromatic carbocycles. The molecule has 0 unspecified atom stereocenters. The molecule has 4 rings (SSSR count). The molecule has 0 aromatic heterocycles. The number of carbonyl (C=O) groups is 3. The molecular weight excluding hydrogens is 429 g/mol. The number of ether oxygens (including phenoxy) is 1. The summed E-state index contributed by atoms with van der Waals surface area (Å²) in [5, 5.41) is 6.55. The Kier molecular flexibility index (Phi) is 5.40. The number of rotatable bonds is 4. The minimum absolute atomic E-state index is 0.0743. The van der Waals surface area contributed by atoms with Gasteiger partial charge < -0.3 is 15.4 Å². The van der Waals surface area contributed by atoms with Crippen LogP contribution < -0.4 is 10.6 Å². The summed E-state index contributed by atoms with van der Waals surface area (Å²) in [5.41, 5.74) is 2.76. The van der Waals surface area contributed by atoms with Gasteiger partial charge in [-0.3, -0.25) is 9.69 Å². The molecule has 0 spiro atoms. The quantitative estimate of drug-likeness (QED) is 0.700. The van der Waals surface area contributed by atoms with Crippen molar-refractivity contribution in [1.82, 2.24) is 10.2 Å². The van der Waals surface area contributed by atoms with E-state index in [4.69, 9.17) is 27.9 Å². The Bertz CT molecular complexity index is 1080. The van der Waals surface area contributed by atoms with Crippen molar-refractivity contribution in [3.8, 4) is 0 Å². The van der Waals surface area contributed by atoms with Crippen LogP contribution in [0.3, 0.4) is 0 Å². The van der Waals surface area contributed by atoms with Crippen molar-refractivity contribution >= 4 is 46.8 Å². The fourth-order valence-electron chi connectivity index (χ4n) is 3.45. The zero-order valence-corrected chi connectivity index (χ0v) is 17.4. The van der Waals surface area contributed by atoms with Gasteiger partial charge in [0.25, 0.3) is 0 Å². The molecule has 30 heavy (non-hydrogen) atoms. The predicted octanol–water partition coefficient (Wildman–Crippen LogP) is 3.82. The van der Waals surface area contributed by atoms with Gasteiger partial charge in [-0.25, -0.2) is 9.59 Å². The maximum absolute atomic E-state index is 12.8. The highest BCUT2D eigenvalue weighted by Crippen LogP contribution is 2.35. The van der Waals surface area contributed by atoms with Gasteiger partial charge in [-0.1, -0.05) is 41.4 Å².